The maximum atomic E-state index is 13.1. The van der Waals surface area contributed by atoms with Gasteiger partial charge >= 0.3 is 0 Å². The Hall–Kier alpha value is -3.56. The van der Waals surface area contributed by atoms with E-state index in [1.165, 1.54) is 23.5 Å². The van der Waals surface area contributed by atoms with E-state index in [9.17, 15) is 9.18 Å². The lowest BCUT2D eigenvalue weighted by Crippen LogP contribution is -2.13. The Morgan fingerprint density at radius 1 is 1.00 bits per heavy atom. The third-order valence-corrected chi connectivity index (χ3v) is 6.20. The second-order valence-electron chi connectivity index (χ2n) is 6.82. The molecule has 5 aromatic rings. The third-order valence-electron chi connectivity index (χ3n) is 4.62. The molecule has 0 saturated heterocycles. The second kappa shape index (κ2) is 8.89. The number of aromatic nitrogens is 3. The first-order chi connectivity index (χ1) is 15.6. The zero-order chi connectivity index (χ0) is 21.9. The van der Waals surface area contributed by atoms with Gasteiger partial charge in [0.15, 0.2) is 5.13 Å². The molecule has 3 aromatic carbocycles. The van der Waals surface area contributed by atoms with Crippen molar-refractivity contribution in [3.05, 3.63) is 77.9 Å². The molecule has 9 heteroatoms. The van der Waals surface area contributed by atoms with Crippen LogP contribution in [-0.4, -0.2) is 26.8 Å². The Bertz CT molecular complexity index is 1400. The van der Waals surface area contributed by atoms with Crippen LogP contribution in [0.2, 0.25) is 0 Å². The van der Waals surface area contributed by atoms with E-state index in [1.54, 1.807) is 12.1 Å². The Labute approximate surface area is 190 Å². The Morgan fingerprint density at radius 2 is 1.78 bits per heavy atom. The molecule has 2 heterocycles. The van der Waals surface area contributed by atoms with Gasteiger partial charge in [0.2, 0.25) is 11.8 Å². The highest BCUT2D eigenvalue weighted by Crippen LogP contribution is 2.27. The molecule has 0 aliphatic rings. The molecule has 158 valence electrons. The summed E-state index contributed by atoms with van der Waals surface area (Å²) in [7, 11) is 0. The van der Waals surface area contributed by atoms with E-state index in [4.69, 9.17) is 4.42 Å². The summed E-state index contributed by atoms with van der Waals surface area (Å²) in [5.74, 6) is -0.0347. The maximum absolute atomic E-state index is 13.1. The van der Waals surface area contributed by atoms with E-state index in [2.05, 4.69) is 20.5 Å². The molecule has 6 nitrogen and oxygen atoms in total. The second-order valence-corrected chi connectivity index (χ2v) is 8.60. The van der Waals surface area contributed by atoms with Crippen LogP contribution in [0.3, 0.4) is 0 Å². The molecule has 1 amide bonds. The van der Waals surface area contributed by atoms with Gasteiger partial charge in [0, 0.05) is 16.5 Å². The first-order valence-electron chi connectivity index (χ1n) is 9.61. The number of carbonyl (C=O) groups is 1. The zero-order valence-corrected chi connectivity index (χ0v) is 18.1. The number of anilines is 1. The summed E-state index contributed by atoms with van der Waals surface area (Å²) in [6.45, 7) is 0. The van der Waals surface area contributed by atoms with Gasteiger partial charge in [-0.2, -0.15) is 0 Å². The van der Waals surface area contributed by atoms with Crippen molar-refractivity contribution in [3.8, 4) is 22.7 Å². The smallest absolute Gasteiger partial charge is 0.277 e. The number of nitrogens with zero attached hydrogens (tertiary/aromatic N) is 3. The molecule has 0 bridgehead atoms. The van der Waals surface area contributed by atoms with Crippen molar-refractivity contribution in [2.45, 2.75) is 5.22 Å². The molecule has 0 fully saturated rings. The summed E-state index contributed by atoms with van der Waals surface area (Å²) in [5, 5.41) is 15.7. The number of carbonyl (C=O) groups excluding carboxylic acids is 1. The molecule has 0 radical (unpaired) electrons. The van der Waals surface area contributed by atoms with Gasteiger partial charge in [-0.05, 0) is 47.2 Å². The standard InChI is InChI=1S/C23H15FN4O2S2/c24-18-9-7-15(8-10-18)19-12-31-22(25-19)26-20(29)13-32-23-28-27-21(30-23)17-6-5-14-3-1-2-4-16(14)11-17/h1-12H,13H2,(H,25,26,29). The minimum atomic E-state index is -0.306. The first-order valence-corrected chi connectivity index (χ1v) is 11.5. The highest BCUT2D eigenvalue weighted by atomic mass is 32.2. The molecular formula is C23H15FN4O2S2. The fourth-order valence-corrected chi connectivity index (χ4v) is 4.37. The molecule has 2 aromatic heterocycles. The van der Waals surface area contributed by atoms with E-state index in [0.29, 0.717) is 21.9 Å². The third kappa shape index (κ3) is 4.53. The summed E-state index contributed by atoms with van der Waals surface area (Å²) in [6, 6.07) is 20.0. The van der Waals surface area contributed by atoms with E-state index in [1.807, 2.05) is 47.8 Å². The van der Waals surface area contributed by atoms with E-state index < -0.39 is 0 Å². The fraction of sp³-hybridized carbons (Fsp3) is 0.0435. The van der Waals surface area contributed by atoms with Gasteiger partial charge in [0.1, 0.15) is 5.82 Å². The van der Waals surface area contributed by atoms with Crippen molar-refractivity contribution in [2.75, 3.05) is 11.1 Å². The lowest BCUT2D eigenvalue weighted by molar-refractivity contribution is -0.113. The van der Waals surface area contributed by atoms with Crippen LogP contribution in [0, 0.1) is 5.82 Å². The number of rotatable bonds is 6. The van der Waals surface area contributed by atoms with Crippen molar-refractivity contribution >= 4 is 44.9 Å². The van der Waals surface area contributed by atoms with E-state index in [0.717, 1.165) is 33.7 Å². The average molecular weight is 463 g/mol. The van der Waals surface area contributed by atoms with Gasteiger partial charge in [-0.25, -0.2) is 9.37 Å². The number of hydrogen-bond acceptors (Lipinski definition) is 7. The number of fused-ring (bicyclic) bond motifs is 1. The van der Waals surface area contributed by atoms with Gasteiger partial charge in [-0.15, -0.1) is 21.5 Å². The van der Waals surface area contributed by atoms with Gasteiger partial charge in [-0.1, -0.05) is 42.1 Å². The van der Waals surface area contributed by atoms with Crippen LogP contribution >= 0.6 is 23.1 Å². The quantitative estimate of drug-likeness (QED) is 0.317. The van der Waals surface area contributed by atoms with Gasteiger partial charge in [0.05, 0.1) is 11.4 Å². The molecule has 5 rings (SSSR count). The zero-order valence-electron chi connectivity index (χ0n) is 16.5. The number of amides is 1. The summed E-state index contributed by atoms with van der Waals surface area (Å²) in [4.78, 5) is 16.7. The minimum absolute atomic E-state index is 0.102. The predicted octanol–water partition coefficient (Wildman–Crippen LogP) is 5.88. The molecular weight excluding hydrogens is 447 g/mol. The molecule has 0 atom stereocenters. The van der Waals surface area contributed by atoms with Crippen molar-refractivity contribution in [3.63, 3.8) is 0 Å². The lowest BCUT2D eigenvalue weighted by Gasteiger charge is -2.00. The lowest BCUT2D eigenvalue weighted by atomic mass is 10.1. The average Bonchev–Trinajstić information content (AvgIpc) is 3.48. The van der Waals surface area contributed by atoms with E-state index in [-0.39, 0.29) is 17.5 Å². The monoisotopic (exact) mass is 462 g/mol. The van der Waals surface area contributed by atoms with Crippen LogP contribution in [0.15, 0.2) is 81.8 Å². The largest absolute Gasteiger partial charge is 0.411 e. The SMILES string of the molecule is O=C(CSc1nnc(-c2ccc3ccccc3c2)o1)Nc1nc(-c2ccc(F)cc2)cs1. The summed E-state index contributed by atoms with van der Waals surface area (Å²) in [5.41, 5.74) is 2.28. The first kappa shape index (κ1) is 20.3. The highest BCUT2D eigenvalue weighted by molar-refractivity contribution is 7.99. The minimum Gasteiger partial charge on any atom is -0.411 e. The number of halogens is 1. The van der Waals surface area contributed by atoms with Crippen LogP contribution in [0.4, 0.5) is 9.52 Å². The van der Waals surface area contributed by atoms with Crippen LogP contribution < -0.4 is 5.32 Å². The molecule has 0 aliphatic heterocycles. The number of thioether (sulfide) groups is 1. The number of benzene rings is 3. The topological polar surface area (TPSA) is 80.9 Å². The molecule has 32 heavy (non-hydrogen) atoms. The number of nitrogens with one attached hydrogen (secondary N) is 1. The van der Waals surface area contributed by atoms with Crippen molar-refractivity contribution in [1.82, 2.24) is 15.2 Å². The molecule has 0 unspecified atom stereocenters. The van der Waals surface area contributed by atoms with Crippen LogP contribution in [0.5, 0.6) is 0 Å². The Balaban J connectivity index is 1.19. The Kier molecular flexibility index (Phi) is 5.66. The number of hydrogen-bond donors (Lipinski definition) is 1. The molecule has 0 spiro atoms. The normalized spacial score (nSPS) is 11.0. The predicted molar refractivity (Wildman–Crippen MR) is 124 cm³/mol. The Morgan fingerprint density at radius 3 is 2.62 bits per heavy atom. The van der Waals surface area contributed by atoms with Crippen LogP contribution in [0.25, 0.3) is 33.5 Å². The van der Waals surface area contributed by atoms with Crippen molar-refractivity contribution in [2.24, 2.45) is 0 Å². The summed E-state index contributed by atoms with van der Waals surface area (Å²) < 4.78 is 18.8. The van der Waals surface area contributed by atoms with Gasteiger partial charge in [0.25, 0.3) is 5.22 Å². The molecule has 0 aliphatic carbocycles. The summed E-state index contributed by atoms with van der Waals surface area (Å²) in [6.07, 6.45) is 0. The van der Waals surface area contributed by atoms with Crippen LogP contribution in [-0.2, 0) is 4.79 Å². The summed E-state index contributed by atoms with van der Waals surface area (Å²) >= 11 is 2.46. The maximum Gasteiger partial charge on any atom is 0.277 e. The molecule has 1 N–H and O–H groups in total. The van der Waals surface area contributed by atoms with Crippen LogP contribution in [0.1, 0.15) is 0 Å². The highest BCUT2D eigenvalue weighted by Gasteiger charge is 2.13. The molecule has 0 saturated carbocycles. The van der Waals surface area contributed by atoms with Crippen molar-refractivity contribution < 1.29 is 13.6 Å². The van der Waals surface area contributed by atoms with Gasteiger partial charge in [-0.3, -0.25) is 4.79 Å². The van der Waals surface area contributed by atoms with E-state index >= 15 is 0 Å². The van der Waals surface area contributed by atoms with Gasteiger partial charge < -0.3 is 9.73 Å². The number of thiazole rings is 1. The van der Waals surface area contributed by atoms with Crippen molar-refractivity contribution in [1.29, 1.82) is 0 Å². The fourth-order valence-electron chi connectivity index (χ4n) is 3.07.